The molecule has 1 aliphatic rings. The highest BCUT2D eigenvalue weighted by Gasteiger charge is 2.35. The molecule has 2 rings (SSSR count). The van der Waals surface area contributed by atoms with Crippen LogP contribution in [-0.2, 0) is 0 Å². The van der Waals surface area contributed by atoms with Crippen molar-refractivity contribution in [2.24, 2.45) is 5.92 Å². The van der Waals surface area contributed by atoms with E-state index in [9.17, 15) is 0 Å². The Morgan fingerprint density at radius 3 is 3.08 bits per heavy atom. The summed E-state index contributed by atoms with van der Waals surface area (Å²) >= 11 is 0. The Bertz CT molecular complexity index is 298. The molecule has 1 saturated carbocycles. The number of nitrogen functional groups attached to an aromatic ring is 1. The van der Waals surface area contributed by atoms with E-state index in [1.165, 1.54) is 12.8 Å². The van der Waals surface area contributed by atoms with Gasteiger partial charge in [-0.1, -0.05) is 19.4 Å². The molecule has 3 nitrogen and oxygen atoms in total. The van der Waals surface area contributed by atoms with Gasteiger partial charge in [-0.05, 0) is 24.5 Å². The van der Waals surface area contributed by atoms with Gasteiger partial charge >= 0.3 is 0 Å². The van der Waals surface area contributed by atoms with E-state index >= 15 is 0 Å². The van der Waals surface area contributed by atoms with Crippen LogP contribution in [0.3, 0.4) is 0 Å². The average Bonchev–Trinajstić information content (AvgIpc) is 2.83. The summed E-state index contributed by atoms with van der Waals surface area (Å²) in [6.07, 6.45) is 2.52. The first-order valence-corrected chi connectivity index (χ1v) is 4.78. The molecule has 1 fully saturated rings. The maximum absolute atomic E-state index is 5.57. The summed E-state index contributed by atoms with van der Waals surface area (Å²) < 4.78 is 0. The normalized spacial score (nSPS) is 25.6. The van der Waals surface area contributed by atoms with Gasteiger partial charge in [0.25, 0.3) is 0 Å². The van der Waals surface area contributed by atoms with Crippen molar-refractivity contribution in [1.29, 1.82) is 0 Å². The van der Waals surface area contributed by atoms with E-state index in [1.54, 1.807) is 6.07 Å². The molecule has 3 heteroatoms. The lowest BCUT2D eigenvalue weighted by Gasteiger charge is -2.04. The highest BCUT2D eigenvalue weighted by molar-refractivity contribution is 5.44. The third-order valence-corrected chi connectivity index (χ3v) is 2.55. The fraction of sp³-hybridized carbons (Fsp3) is 0.500. The van der Waals surface area contributed by atoms with E-state index in [2.05, 4.69) is 17.2 Å². The van der Waals surface area contributed by atoms with Crippen molar-refractivity contribution >= 4 is 11.6 Å². The van der Waals surface area contributed by atoms with Gasteiger partial charge in [0.1, 0.15) is 11.6 Å². The minimum atomic E-state index is 0.582. The molecule has 2 unspecified atom stereocenters. The van der Waals surface area contributed by atoms with Crippen molar-refractivity contribution < 1.29 is 0 Å². The van der Waals surface area contributed by atoms with E-state index in [4.69, 9.17) is 5.73 Å². The number of anilines is 2. The third kappa shape index (κ3) is 1.91. The number of aromatic nitrogens is 1. The van der Waals surface area contributed by atoms with Crippen molar-refractivity contribution in [1.82, 2.24) is 4.98 Å². The van der Waals surface area contributed by atoms with Crippen LogP contribution < -0.4 is 11.1 Å². The maximum Gasteiger partial charge on any atom is 0.128 e. The van der Waals surface area contributed by atoms with E-state index in [1.807, 2.05) is 12.1 Å². The van der Waals surface area contributed by atoms with Crippen molar-refractivity contribution in [3.05, 3.63) is 18.2 Å². The second-order valence-electron chi connectivity index (χ2n) is 3.60. The number of hydrogen-bond acceptors (Lipinski definition) is 3. The van der Waals surface area contributed by atoms with Crippen molar-refractivity contribution in [3.63, 3.8) is 0 Å². The van der Waals surface area contributed by atoms with Crippen LogP contribution in [0.4, 0.5) is 11.6 Å². The minimum Gasteiger partial charge on any atom is -0.384 e. The van der Waals surface area contributed by atoms with Gasteiger partial charge in [0, 0.05) is 6.04 Å². The van der Waals surface area contributed by atoms with Gasteiger partial charge in [-0.2, -0.15) is 0 Å². The minimum absolute atomic E-state index is 0.582. The molecule has 1 aliphatic carbocycles. The van der Waals surface area contributed by atoms with Gasteiger partial charge in [0.15, 0.2) is 0 Å². The Hall–Kier alpha value is -1.25. The van der Waals surface area contributed by atoms with Crippen molar-refractivity contribution in [2.75, 3.05) is 11.1 Å². The average molecular weight is 177 g/mol. The van der Waals surface area contributed by atoms with Crippen LogP contribution in [0.15, 0.2) is 18.2 Å². The zero-order valence-corrected chi connectivity index (χ0v) is 7.83. The number of pyridine rings is 1. The SMILES string of the molecule is CCC1CC1Nc1cccc(N)n1. The van der Waals surface area contributed by atoms with Crippen molar-refractivity contribution in [2.45, 2.75) is 25.8 Å². The molecule has 70 valence electrons. The van der Waals surface area contributed by atoms with Crippen LogP contribution in [-0.4, -0.2) is 11.0 Å². The molecule has 1 aromatic rings. The number of nitrogens with zero attached hydrogens (tertiary/aromatic N) is 1. The first-order valence-electron chi connectivity index (χ1n) is 4.78. The summed E-state index contributed by atoms with van der Waals surface area (Å²) in [6, 6.07) is 6.31. The van der Waals surface area contributed by atoms with Crippen LogP contribution >= 0.6 is 0 Å². The van der Waals surface area contributed by atoms with Gasteiger partial charge in [0.05, 0.1) is 0 Å². The Kier molecular flexibility index (Phi) is 2.08. The number of rotatable bonds is 3. The molecule has 0 saturated heterocycles. The highest BCUT2D eigenvalue weighted by atomic mass is 15.1. The first kappa shape index (κ1) is 8.35. The largest absolute Gasteiger partial charge is 0.384 e. The van der Waals surface area contributed by atoms with Crippen LogP contribution in [0.25, 0.3) is 0 Å². The quantitative estimate of drug-likeness (QED) is 0.741. The zero-order chi connectivity index (χ0) is 9.26. The fourth-order valence-electron chi connectivity index (χ4n) is 1.60. The van der Waals surface area contributed by atoms with Gasteiger partial charge in [0.2, 0.25) is 0 Å². The molecule has 1 heterocycles. The lowest BCUT2D eigenvalue weighted by Crippen LogP contribution is -2.06. The molecule has 0 bridgehead atoms. The predicted octanol–water partition coefficient (Wildman–Crippen LogP) is 1.87. The van der Waals surface area contributed by atoms with Crippen LogP contribution in [0, 0.1) is 5.92 Å². The molecule has 0 spiro atoms. The summed E-state index contributed by atoms with van der Waals surface area (Å²) in [6.45, 7) is 2.22. The van der Waals surface area contributed by atoms with Crippen LogP contribution in [0.2, 0.25) is 0 Å². The molecule has 3 N–H and O–H groups in total. The molecule has 1 aromatic heterocycles. The first-order chi connectivity index (χ1) is 6.29. The topological polar surface area (TPSA) is 50.9 Å². The summed E-state index contributed by atoms with van der Waals surface area (Å²) in [5.74, 6) is 2.32. The lowest BCUT2D eigenvalue weighted by molar-refractivity contribution is 0.773. The molecule has 2 atom stereocenters. The van der Waals surface area contributed by atoms with Gasteiger partial charge in [-0.25, -0.2) is 4.98 Å². The molecule has 0 amide bonds. The highest BCUT2D eigenvalue weighted by Crippen LogP contribution is 2.35. The lowest BCUT2D eigenvalue weighted by atomic mass is 10.3. The fourth-order valence-corrected chi connectivity index (χ4v) is 1.60. The van der Waals surface area contributed by atoms with E-state index < -0.39 is 0 Å². The van der Waals surface area contributed by atoms with E-state index in [0.717, 1.165) is 11.7 Å². The molecule has 0 aromatic carbocycles. The van der Waals surface area contributed by atoms with E-state index in [-0.39, 0.29) is 0 Å². The summed E-state index contributed by atoms with van der Waals surface area (Å²) in [5.41, 5.74) is 5.57. The third-order valence-electron chi connectivity index (χ3n) is 2.55. The second kappa shape index (κ2) is 3.24. The van der Waals surface area contributed by atoms with Gasteiger partial charge < -0.3 is 11.1 Å². The number of hydrogen-bond donors (Lipinski definition) is 2. The summed E-state index contributed by atoms with van der Waals surface area (Å²) in [7, 11) is 0. The second-order valence-corrected chi connectivity index (χ2v) is 3.60. The summed E-state index contributed by atoms with van der Waals surface area (Å²) in [4.78, 5) is 4.19. The molecule has 0 aliphatic heterocycles. The van der Waals surface area contributed by atoms with Crippen LogP contribution in [0.1, 0.15) is 19.8 Å². The zero-order valence-electron chi connectivity index (χ0n) is 7.83. The Balaban J connectivity index is 1.95. The van der Waals surface area contributed by atoms with Crippen molar-refractivity contribution in [3.8, 4) is 0 Å². The maximum atomic E-state index is 5.57. The number of nitrogens with one attached hydrogen (secondary N) is 1. The Morgan fingerprint density at radius 1 is 1.62 bits per heavy atom. The Labute approximate surface area is 78.4 Å². The predicted molar refractivity (Wildman–Crippen MR) is 54.5 cm³/mol. The molecular formula is C10H15N3. The monoisotopic (exact) mass is 177 g/mol. The summed E-state index contributed by atoms with van der Waals surface area (Å²) in [5, 5.41) is 3.37. The van der Waals surface area contributed by atoms with Gasteiger partial charge in [-0.3, -0.25) is 0 Å². The molecule has 13 heavy (non-hydrogen) atoms. The molecule has 0 radical (unpaired) electrons. The molecular weight excluding hydrogens is 162 g/mol. The van der Waals surface area contributed by atoms with Crippen LogP contribution in [0.5, 0.6) is 0 Å². The van der Waals surface area contributed by atoms with E-state index in [0.29, 0.717) is 11.9 Å². The number of nitrogens with two attached hydrogens (primary N) is 1. The standard InChI is InChI=1S/C10H15N3/c1-2-7-6-8(7)12-10-5-3-4-9(11)13-10/h3-5,7-8H,2,6H2,1H3,(H3,11,12,13). The Morgan fingerprint density at radius 2 is 2.46 bits per heavy atom. The smallest absolute Gasteiger partial charge is 0.128 e. The van der Waals surface area contributed by atoms with Gasteiger partial charge in [-0.15, -0.1) is 0 Å².